The van der Waals surface area contributed by atoms with E-state index in [1.807, 2.05) is 0 Å². The molecular formula is C30H40N2. The average Bonchev–Trinajstić information content (AvgIpc) is 2.81. The summed E-state index contributed by atoms with van der Waals surface area (Å²) >= 11 is 0. The van der Waals surface area contributed by atoms with Gasteiger partial charge in [-0.2, -0.15) is 0 Å². The van der Waals surface area contributed by atoms with E-state index in [2.05, 4.69) is 109 Å². The molecule has 0 aliphatic heterocycles. The van der Waals surface area contributed by atoms with Crippen molar-refractivity contribution in [1.29, 1.82) is 0 Å². The standard InChI is InChI=1S/C30H40N2/c1-31(22-11-9-18-27-14-5-3-6-15-27)25-29-20-13-21-30(24-29)26-32(2)23-12-10-19-28-16-7-4-8-17-28/h3-8,13-17,20-21,24H,9-12,18-19,22-23,25-26H2,1-2H3. The molecule has 0 aliphatic carbocycles. The van der Waals surface area contributed by atoms with Crippen LogP contribution in [0.5, 0.6) is 0 Å². The second kappa shape index (κ2) is 13.9. The fraction of sp³-hybridized carbons (Fsp3) is 0.400. The molecule has 3 aromatic carbocycles. The Labute approximate surface area is 195 Å². The van der Waals surface area contributed by atoms with Gasteiger partial charge in [0.15, 0.2) is 0 Å². The number of hydrogen-bond donors (Lipinski definition) is 0. The van der Waals surface area contributed by atoms with E-state index in [0.717, 1.165) is 26.2 Å². The maximum Gasteiger partial charge on any atom is 0.0230 e. The summed E-state index contributed by atoms with van der Waals surface area (Å²) in [6.07, 6.45) is 7.37. The van der Waals surface area contributed by atoms with Crippen molar-refractivity contribution >= 4 is 0 Å². The van der Waals surface area contributed by atoms with Gasteiger partial charge in [-0.3, -0.25) is 0 Å². The van der Waals surface area contributed by atoms with Crippen LogP contribution in [0.2, 0.25) is 0 Å². The maximum atomic E-state index is 2.46. The summed E-state index contributed by atoms with van der Waals surface area (Å²) in [5.74, 6) is 0. The number of nitrogens with zero attached hydrogens (tertiary/aromatic N) is 2. The van der Waals surface area contributed by atoms with Gasteiger partial charge in [-0.05, 0) is 88.0 Å². The molecule has 0 aliphatic rings. The van der Waals surface area contributed by atoms with Crippen LogP contribution in [-0.2, 0) is 25.9 Å². The first-order valence-corrected chi connectivity index (χ1v) is 12.2. The molecule has 0 N–H and O–H groups in total. The molecule has 0 unspecified atom stereocenters. The summed E-state index contributed by atoms with van der Waals surface area (Å²) in [7, 11) is 4.49. The molecule has 0 radical (unpaired) electrons. The smallest absolute Gasteiger partial charge is 0.0230 e. The van der Waals surface area contributed by atoms with Crippen LogP contribution in [0, 0.1) is 0 Å². The minimum absolute atomic E-state index is 1.03. The third-order valence-electron chi connectivity index (χ3n) is 6.09. The number of unbranched alkanes of at least 4 members (excludes halogenated alkanes) is 2. The normalized spacial score (nSPS) is 11.4. The lowest BCUT2D eigenvalue weighted by Gasteiger charge is -2.19. The van der Waals surface area contributed by atoms with Crippen LogP contribution in [0.3, 0.4) is 0 Å². The number of benzene rings is 3. The molecule has 0 bridgehead atoms. The first-order chi connectivity index (χ1) is 15.7. The molecule has 2 nitrogen and oxygen atoms in total. The van der Waals surface area contributed by atoms with Crippen LogP contribution in [0.25, 0.3) is 0 Å². The first-order valence-electron chi connectivity index (χ1n) is 12.2. The summed E-state index contributed by atoms with van der Waals surface area (Å²) < 4.78 is 0. The third-order valence-corrected chi connectivity index (χ3v) is 6.09. The van der Waals surface area contributed by atoms with Crippen LogP contribution in [0.4, 0.5) is 0 Å². The minimum Gasteiger partial charge on any atom is -0.302 e. The van der Waals surface area contributed by atoms with Crippen LogP contribution < -0.4 is 0 Å². The van der Waals surface area contributed by atoms with Crippen LogP contribution >= 0.6 is 0 Å². The summed E-state index contributed by atoms with van der Waals surface area (Å²) in [5.41, 5.74) is 5.75. The molecule has 3 aromatic rings. The Bertz CT molecular complexity index is 805. The molecule has 0 aromatic heterocycles. The number of rotatable bonds is 14. The van der Waals surface area contributed by atoms with E-state index >= 15 is 0 Å². The van der Waals surface area contributed by atoms with E-state index in [-0.39, 0.29) is 0 Å². The monoisotopic (exact) mass is 428 g/mol. The van der Waals surface area contributed by atoms with Gasteiger partial charge in [0.1, 0.15) is 0 Å². The van der Waals surface area contributed by atoms with E-state index in [0.29, 0.717) is 0 Å². The lowest BCUT2D eigenvalue weighted by Crippen LogP contribution is -2.21. The van der Waals surface area contributed by atoms with Crippen LogP contribution in [0.1, 0.15) is 47.9 Å². The Balaban J connectivity index is 1.32. The highest BCUT2D eigenvalue weighted by Gasteiger charge is 2.05. The Kier molecular flexibility index (Phi) is 10.5. The third kappa shape index (κ3) is 9.38. The second-order valence-electron chi connectivity index (χ2n) is 9.18. The zero-order valence-electron chi connectivity index (χ0n) is 20.0. The molecule has 0 heterocycles. The number of aryl methyl sites for hydroxylation is 2. The van der Waals surface area contributed by atoms with E-state index in [1.54, 1.807) is 0 Å². The molecule has 2 heteroatoms. The maximum absolute atomic E-state index is 2.46. The largest absolute Gasteiger partial charge is 0.302 e. The van der Waals surface area contributed by atoms with Gasteiger partial charge in [0, 0.05) is 13.1 Å². The molecule has 0 atom stereocenters. The summed E-state index contributed by atoms with van der Waals surface area (Å²) in [5, 5.41) is 0. The summed E-state index contributed by atoms with van der Waals surface area (Å²) in [6, 6.07) is 30.8. The fourth-order valence-electron chi connectivity index (χ4n) is 4.32. The van der Waals surface area contributed by atoms with Crippen molar-refractivity contribution in [3.63, 3.8) is 0 Å². The summed E-state index contributed by atoms with van der Waals surface area (Å²) in [6.45, 7) is 4.36. The zero-order chi connectivity index (χ0) is 22.4. The van der Waals surface area contributed by atoms with E-state index in [1.165, 1.54) is 60.8 Å². The van der Waals surface area contributed by atoms with Crippen LogP contribution in [0.15, 0.2) is 84.9 Å². The lowest BCUT2D eigenvalue weighted by atomic mass is 10.1. The Morgan fingerprint density at radius 2 is 0.875 bits per heavy atom. The van der Waals surface area contributed by atoms with Crippen molar-refractivity contribution in [2.24, 2.45) is 0 Å². The van der Waals surface area contributed by atoms with Crippen molar-refractivity contribution in [1.82, 2.24) is 9.80 Å². The van der Waals surface area contributed by atoms with Crippen molar-refractivity contribution in [2.75, 3.05) is 27.2 Å². The number of hydrogen-bond acceptors (Lipinski definition) is 2. The highest BCUT2D eigenvalue weighted by Crippen LogP contribution is 2.12. The van der Waals surface area contributed by atoms with E-state index < -0.39 is 0 Å². The van der Waals surface area contributed by atoms with Gasteiger partial charge in [-0.1, -0.05) is 84.9 Å². The SMILES string of the molecule is CN(CCCCc1ccccc1)Cc1cccc(CN(C)CCCCc2ccccc2)c1. The van der Waals surface area contributed by atoms with E-state index in [9.17, 15) is 0 Å². The quantitative estimate of drug-likeness (QED) is 0.267. The molecule has 32 heavy (non-hydrogen) atoms. The van der Waals surface area contributed by atoms with Crippen molar-refractivity contribution < 1.29 is 0 Å². The zero-order valence-corrected chi connectivity index (χ0v) is 20.0. The van der Waals surface area contributed by atoms with Crippen molar-refractivity contribution in [3.8, 4) is 0 Å². The Morgan fingerprint density at radius 3 is 1.31 bits per heavy atom. The minimum atomic E-state index is 1.03. The molecular weight excluding hydrogens is 388 g/mol. The fourth-order valence-corrected chi connectivity index (χ4v) is 4.32. The van der Waals surface area contributed by atoms with Gasteiger partial charge < -0.3 is 9.80 Å². The van der Waals surface area contributed by atoms with E-state index in [4.69, 9.17) is 0 Å². The van der Waals surface area contributed by atoms with Gasteiger partial charge in [-0.15, -0.1) is 0 Å². The molecule has 3 rings (SSSR count). The molecule has 0 fully saturated rings. The van der Waals surface area contributed by atoms with Gasteiger partial charge in [0.25, 0.3) is 0 Å². The predicted octanol–water partition coefficient (Wildman–Crippen LogP) is 6.60. The van der Waals surface area contributed by atoms with Crippen molar-refractivity contribution in [3.05, 3.63) is 107 Å². The molecule has 0 saturated heterocycles. The first kappa shape index (κ1) is 24.2. The van der Waals surface area contributed by atoms with Gasteiger partial charge >= 0.3 is 0 Å². The Morgan fingerprint density at radius 1 is 0.469 bits per heavy atom. The van der Waals surface area contributed by atoms with Gasteiger partial charge in [0.05, 0.1) is 0 Å². The molecule has 0 saturated carbocycles. The summed E-state index contributed by atoms with van der Waals surface area (Å²) in [4.78, 5) is 4.91. The van der Waals surface area contributed by atoms with Crippen LogP contribution in [-0.4, -0.2) is 37.0 Å². The molecule has 0 spiro atoms. The highest BCUT2D eigenvalue weighted by atomic mass is 15.1. The molecule has 170 valence electrons. The van der Waals surface area contributed by atoms with Gasteiger partial charge in [-0.25, -0.2) is 0 Å². The van der Waals surface area contributed by atoms with Crippen molar-refractivity contribution in [2.45, 2.75) is 51.6 Å². The Hall–Kier alpha value is -2.42. The highest BCUT2D eigenvalue weighted by molar-refractivity contribution is 5.23. The lowest BCUT2D eigenvalue weighted by molar-refractivity contribution is 0.314. The average molecular weight is 429 g/mol. The van der Waals surface area contributed by atoms with Gasteiger partial charge in [0.2, 0.25) is 0 Å². The second-order valence-corrected chi connectivity index (χ2v) is 9.18. The topological polar surface area (TPSA) is 6.48 Å². The predicted molar refractivity (Wildman–Crippen MR) is 138 cm³/mol. The molecule has 0 amide bonds.